The van der Waals surface area contributed by atoms with Crippen LogP contribution < -0.4 is 5.32 Å². The van der Waals surface area contributed by atoms with Gasteiger partial charge in [-0.2, -0.15) is 0 Å². The summed E-state index contributed by atoms with van der Waals surface area (Å²) in [6.45, 7) is 3.69. The van der Waals surface area contributed by atoms with Crippen molar-refractivity contribution < 1.29 is 4.74 Å². The summed E-state index contributed by atoms with van der Waals surface area (Å²) >= 11 is 1.61. The van der Waals surface area contributed by atoms with E-state index in [0.29, 0.717) is 6.61 Å². The molecule has 0 aliphatic carbocycles. The van der Waals surface area contributed by atoms with Crippen LogP contribution in [0.3, 0.4) is 0 Å². The number of ether oxygens (including phenoxy) is 1. The van der Waals surface area contributed by atoms with E-state index in [9.17, 15) is 0 Å². The second-order valence-electron chi connectivity index (χ2n) is 2.48. The number of rotatable bonds is 5. The zero-order valence-electron chi connectivity index (χ0n) is 7.41. The van der Waals surface area contributed by atoms with Gasteiger partial charge in [0.25, 0.3) is 0 Å². The van der Waals surface area contributed by atoms with E-state index in [-0.39, 0.29) is 6.04 Å². The van der Waals surface area contributed by atoms with Crippen LogP contribution in [-0.2, 0) is 4.74 Å². The fourth-order valence-corrected chi connectivity index (χ4v) is 1.66. The van der Waals surface area contributed by atoms with Gasteiger partial charge in [-0.05, 0) is 6.54 Å². The topological polar surface area (TPSA) is 34.1 Å². The smallest absolute Gasteiger partial charge is 0.0795 e. The first-order valence-corrected chi connectivity index (χ1v) is 4.93. The van der Waals surface area contributed by atoms with Gasteiger partial charge in [-0.25, -0.2) is 4.98 Å². The average Bonchev–Trinajstić information content (AvgIpc) is 2.56. The first-order chi connectivity index (χ1) is 5.88. The fraction of sp³-hybridized carbons (Fsp3) is 0.625. The minimum atomic E-state index is 0.242. The summed E-state index contributed by atoms with van der Waals surface area (Å²) < 4.78 is 5.08. The Morgan fingerprint density at radius 3 is 3.08 bits per heavy atom. The van der Waals surface area contributed by atoms with Crippen LogP contribution in [0.5, 0.6) is 0 Å². The van der Waals surface area contributed by atoms with Crippen molar-refractivity contribution in [2.75, 3.05) is 20.3 Å². The van der Waals surface area contributed by atoms with Crippen LogP contribution >= 0.6 is 11.3 Å². The molecule has 1 rings (SSSR count). The molecule has 0 aromatic carbocycles. The van der Waals surface area contributed by atoms with Crippen LogP contribution in [0.25, 0.3) is 0 Å². The Labute approximate surface area is 76.8 Å². The number of likely N-dealkylation sites (N-methyl/N-ethyl adjacent to an activating group) is 1. The number of nitrogens with one attached hydrogen (secondary N) is 1. The number of hydrogen-bond donors (Lipinski definition) is 1. The van der Waals surface area contributed by atoms with Crippen LogP contribution in [0.15, 0.2) is 10.9 Å². The molecule has 0 amide bonds. The second kappa shape index (κ2) is 5.24. The third kappa shape index (κ3) is 2.55. The van der Waals surface area contributed by atoms with Crippen LogP contribution in [0, 0.1) is 0 Å². The highest BCUT2D eigenvalue weighted by atomic mass is 32.1. The van der Waals surface area contributed by atoms with Gasteiger partial charge in [0.1, 0.15) is 0 Å². The Bertz CT molecular complexity index is 195. The first kappa shape index (κ1) is 9.64. The Balaban J connectivity index is 2.53. The van der Waals surface area contributed by atoms with Crippen LogP contribution in [0.1, 0.15) is 18.7 Å². The van der Waals surface area contributed by atoms with E-state index in [0.717, 1.165) is 12.2 Å². The van der Waals surface area contributed by atoms with E-state index >= 15 is 0 Å². The Kier molecular flexibility index (Phi) is 4.21. The lowest BCUT2D eigenvalue weighted by Gasteiger charge is -2.13. The van der Waals surface area contributed by atoms with Gasteiger partial charge in [0.05, 0.1) is 23.9 Å². The van der Waals surface area contributed by atoms with Crippen molar-refractivity contribution in [3.05, 3.63) is 16.6 Å². The molecule has 1 aromatic rings. The quantitative estimate of drug-likeness (QED) is 0.755. The van der Waals surface area contributed by atoms with Gasteiger partial charge in [-0.3, -0.25) is 0 Å². The zero-order valence-corrected chi connectivity index (χ0v) is 8.23. The van der Waals surface area contributed by atoms with E-state index < -0.39 is 0 Å². The van der Waals surface area contributed by atoms with E-state index in [1.54, 1.807) is 18.4 Å². The maximum absolute atomic E-state index is 5.08. The molecule has 3 nitrogen and oxygen atoms in total. The maximum Gasteiger partial charge on any atom is 0.0795 e. The normalized spacial score (nSPS) is 13.2. The van der Waals surface area contributed by atoms with Gasteiger partial charge in [0.15, 0.2) is 0 Å². The van der Waals surface area contributed by atoms with Crippen LogP contribution in [-0.4, -0.2) is 25.2 Å². The van der Waals surface area contributed by atoms with Gasteiger partial charge in [-0.15, -0.1) is 11.3 Å². The molecule has 68 valence electrons. The molecule has 0 radical (unpaired) electrons. The minimum Gasteiger partial charge on any atom is -0.383 e. The summed E-state index contributed by atoms with van der Waals surface area (Å²) in [7, 11) is 1.71. The molecule has 0 saturated heterocycles. The summed E-state index contributed by atoms with van der Waals surface area (Å²) in [5, 5.41) is 5.35. The lowest BCUT2D eigenvalue weighted by molar-refractivity contribution is 0.166. The molecule has 0 fully saturated rings. The summed E-state index contributed by atoms with van der Waals surface area (Å²) in [6.07, 6.45) is 0. The van der Waals surface area contributed by atoms with E-state index in [1.165, 1.54) is 0 Å². The third-order valence-electron chi connectivity index (χ3n) is 1.59. The summed E-state index contributed by atoms with van der Waals surface area (Å²) in [4.78, 5) is 4.23. The molecule has 4 heteroatoms. The highest BCUT2D eigenvalue weighted by molar-refractivity contribution is 7.07. The van der Waals surface area contributed by atoms with Gasteiger partial charge >= 0.3 is 0 Å². The lowest BCUT2D eigenvalue weighted by atomic mass is 10.2. The molecule has 0 aliphatic rings. The van der Waals surface area contributed by atoms with Crippen LogP contribution in [0.2, 0.25) is 0 Å². The Hall–Kier alpha value is -0.450. The fourth-order valence-electron chi connectivity index (χ4n) is 1.06. The molecular weight excluding hydrogens is 172 g/mol. The van der Waals surface area contributed by atoms with Crippen molar-refractivity contribution in [1.82, 2.24) is 10.3 Å². The molecule has 1 atom stereocenters. The van der Waals surface area contributed by atoms with E-state index in [4.69, 9.17) is 4.74 Å². The molecule has 1 unspecified atom stereocenters. The number of aromatic nitrogens is 1. The summed E-state index contributed by atoms with van der Waals surface area (Å²) in [5.74, 6) is 0. The molecular formula is C8H14N2OS. The predicted octanol–water partition coefficient (Wildman–Crippen LogP) is 1.44. The third-order valence-corrected chi connectivity index (χ3v) is 2.20. The Morgan fingerprint density at radius 2 is 2.58 bits per heavy atom. The molecule has 12 heavy (non-hydrogen) atoms. The molecule has 0 spiro atoms. The zero-order chi connectivity index (χ0) is 8.81. The highest BCUT2D eigenvalue weighted by Crippen LogP contribution is 2.12. The number of hydrogen-bond acceptors (Lipinski definition) is 4. The van der Waals surface area contributed by atoms with E-state index in [2.05, 4.69) is 17.2 Å². The first-order valence-electron chi connectivity index (χ1n) is 3.99. The van der Waals surface area contributed by atoms with Crippen molar-refractivity contribution in [3.8, 4) is 0 Å². The second-order valence-corrected chi connectivity index (χ2v) is 3.20. The van der Waals surface area contributed by atoms with Gasteiger partial charge < -0.3 is 10.1 Å². The molecule has 0 aliphatic heterocycles. The molecule has 1 heterocycles. The average molecular weight is 186 g/mol. The number of thiazole rings is 1. The number of methoxy groups -OCH3 is 1. The minimum absolute atomic E-state index is 0.242. The largest absolute Gasteiger partial charge is 0.383 e. The van der Waals surface area contributed by atoms with Gasteiger partial charge in [-0.1, -0.05) is 6.92 Å². The van der Waals surface area contributed by atoms with Crippen LogP contribution in [0.4, 0.5) is 0 Å². The molecule has 1 aromatic heterocycles. The molecule has 0 saturated carbocycles. The summed E-state index contributed by atoms with van der Waals surface area (Å²) in [6, 6.07) is 0.242. The molecule has 1 N–H and O–H groups in total. The van der Waals surface area contributed by atoms with E-state index in [1.807, 2.05) is 10.9 Å². The predicted molar refractivity (Wildman–Crippen MR) is 50.4 cm³/mol. The van der Waals surface area contributed by atoms with Crippen molar-refractivity contribution in [3.63, 3.8) is 0 Å². The SMILES string of the molecule is CCNC(COC)c1cscn1. The van der Waals surface area contributed by atoms with Crippen molar-refractivity contribution in [2.24, 2.45) is 0 Å². The summed E-state index contributed by atoms with van der Waals surface area (Å²) in [5.41, 5.74) is 2.92. The van der Waals surface area contributed by atoms with Gasteiger partial charge in [0, 0.05) is 12.5 Å². The highest BCUT2D eigenvalue weighted by Gasteiger charge is 2.10. The monoisotopic (exact) mass is 186 g/mol. The van der Waals surface area contributed by atoms with Gasteiger partial charge in [0.2, 0.25) is 0 Å². The van der Waals surface area contributed by atoms with Crippen molar-refractivity contribution >= 4 is 11.3 Å². The lowest BCUT2D eigenvalue weighted by Crippen LogP contribution is -2.25. The maximum atomic E-state index is 5.08. The van der Waals surface area contributed by atoms with Crippen molar-refractivity contribution in [2.45, 2.75) is 13.0 Å². The standard InChI is InChI=1S/C8H14N2OS/c1-3-9-7(4-11-2)8-5-12-6-10-8/h5-7,9H,3-4H2,1-2H3. The molecule has 0 bridgehead atoms. The number of nitrogens with zero attached hydrogens (tertiary/aromatic N) is 1. The van der Waals surface area contributed by atoms with Crippen molar-refractivity contribution in [1.29, 1.82) is 0 Å². The Morgan fingerprint density at radius 1 is 1.75 bits per heavy atom.